The molecule has 4 heteroatoms. The van der Waals surface area contributed by atoms with E-state index in [0.717, 1.165) is 18.8 Å². The first-order chi connectivity index (χ1) is 8.74. The van der Waals surface area contributed by atoms with Gasteiger partial charge in [0.05, 0.1) is 0 Å². The molecule has 92 valence electrons. The standard InChI is InChI=1S/C14H16N4/c1-10-8-11-4-2-3-5-12(11)18(9-10)13-6-7-16-14(15)17-13/h2-7,10H,8-9H2,1H3,(H2,15,16,17). The van der Waals surface area contributed by atoms with E-state index in [1.54, 1.807) is 6.20 Å². The third-order valence-electron chi connectivity index (χ3n) is 3.28. The molecule has 0 fully saturated rings. The summed E-state index contributed by atoms with van der Waals surface area (Å²) < 4.78 is 0. The van der Waals surface area contributed by atoms with Gasteiger partial charge in [0.25, 0.3) is 0 Å². The fraction of sp³-hybridized carbons (Fsp3) is 0.286. The summed E-state index contributed by atoms with van der Waals surface area (Å²) in [4.78, 5) is 10.5. The molecule has 1 aliphatic rings. The van der Waals surface area contributed by atoms with Crippen LogP contribution in [0, 0.1) is 5.92 Å². The number of para-hydroxylation sites is 1. The van der Waals surface area contributed by atoms with Crippen molar-refractivity contribution in [3.05, 3.63) is 42.1 Å². The van der Waals surface area contributed by atoms with Crippen LogP contribution in [0.4, 0.5) is 17.5 Å². The van der Waals surface area contributed by atoms with E-state index in [9.17, 15) is 0 Å². The van der Waals surface area contributed by atoms with Crippen LogP contribution in [-0.2, 0) is 6.42 Å². The molecule has 1 atom stereocenters. The molecular formula is C14H16N4. The zero-order chi connectivity index (χ0) is 12.5. The third-order valence-corrected chi connectivity index (χ3v) is 3.28. The molecule has 2 N–H and O–H groups in total. The predicted octanol–water partition coefficient (Wildman–Crippen LogP) is 2.39. The van der Waals surface area contributed by atoms with Gasteiger partial charge in [-0.15, -0.1) is 0 Å². The summed E-state index contributed by atoms with van der Waals surface area (Å²) in [5.74, 6) is 1.81. The molecule has 0 saturated carbocycles. The molecule has 4 nitrogen and oxygen atoms in total. The highest BCUT2D eigenvalue weighted by Crippen LogP contribution is 2.34. The minimum atomic E-state index is 0.322. The van der Waals surface area contributed by atoms with E-state index in [-0.39, 0.29) is 0 Å². The predicted molar refractivity (Wildman–Crippen MR) is 72.8 cm³/mol. The zero-order valence-corrected chi connectivity index (χ0v) is 10.4. The summed E-state index contributed by atoms with van der Waals surface area (Å²) in [5.41, 5.74) is 8.27. The summed E-state index contributed by atoms with van der Waals surface area (Å²) in [6, 6.07) is 10.4. The molecule has 1 aromatic heterocycles. The lowest BCUT2D eigenvalue weighted by Gasteiger charge is -2.33. The number of aromatic nitrogens is 2. The molecule has 0 amide bonds. The monoisotopic (exact) mass is 240 g/mol. The van der Waals surface area contributed by atoms with Crippen molar-refractivity contribution in [3.63, 3.8) is 0 Å². The van der Waals surface area contributed by atoms with Crippen LogP contribution in [0.5, 0.6) is 0 Å². The average molecular weight is 240 g/mol. The summed E-state index contributed by atoms with van der Waals surface area (Å²) in [6.45, 7) is 3.22. The number of rotatable bonds is 1. The van der Waals surface area contributed by atoms with Crippen LogP contribution < -0.4 is 10.6 Å². The van der Waals surface area contributed by atoms with E-state index >= 15 is 0 Å². The highest BCUT2D eigenvalue weighted by Gasteiger charge is 2.23. The van der Waals surface area contributed by atoms with Gasteiger partial charge in [-0.2, -0.15) is 4.98 Å². The van der Waals surface area contributed by atoms with Gasteiger partial charge in [-0.05, 0) is 30.0 Å². The number of benzene rings is 1. The quantitative estimate of drug-likeness (QED) is 0.831. The Balaban J connectivity index is 2.07. The number of hydrogen-bond donors (Lipinski definition) is 1. The van der Waals surface area contributed by atoms with Crippen molar-refractivity contribution in [2.24, 2.45) is 5.92 Å². The molecule has 2 aromatic rings. The Morgan fingerprint density at radius 3 is 2.94 bits per heavy atom. The van der Waals surface area contributed by atoms with E-state index in [2.05, 4.69) is 46.1 Å². The van der Waals surface area contributed by atoms with Crippen LogP contribution in [0.3, 0.4) is 0 Å². The lowest BCUT2D eigenvalue weighted by atomic mass is 9.94. The Morgan fingerprint density at radius 1 is 1.28 bits per heavy atom. The highest BCUT2D eigenvalue weighted by atomic mass is 15.2. The van der Waals surface area contributed by atoms with Gasteiger partial charge in [0.1, 0.15) is 5.82 Å². The maximum absolute atomic E-state index is 5.67. The molecule has 0 radical (unpaired) electrons. The number of nitrogens with two attached hydrogens (primary N) is 1. The lowest BCUT2D eigenvalue weighted by Crippen LogP contribution is -2.31. The van der Waals surface area contributed by atoms with E-state index < -0.39 is 0 Å². The molecule has 1 aliphatic heterocycles. The number of fused-ring (bicyclic) bond motifs is 1. The molecule has 0 saturated heterocycles. The van der Waals surface area contributed by atoms with Crippen molar-refractivity contribution in [1.29, 1.82) is 0 Å². The van der Waals surface area contributed by atoms with E-state index in [4.69, 9.17) is 5.73 Å². The Kier molecular flexibility index (Phi) is 2.63. The summed E-state index contributed by atoms with van der Waals surface area (Å²) in [5, 5.41) is 0. The summed E-state index contributed by atoms with van der Waals surface area (Å²) >= 11 is 0. The molecule has 18 heavy (non-hydrogen) atoms. The first kappa shape index (κ1) is 11.0. The highest BCUT2D eigenvalue weighted by molar-refractivity contribution is 5.65. The number of nitrogen functional groups attached to an aromatic ring is 1. The molecule has 0 bridgehead atoms. The Morgan fingerprint density at radius 2 is 2.11 bits per heavy atom. The SMILES string of the molecule is CC1Cc2ccccc2N(c2ccnc(N)n2)C1. The second-order valence-electron chi connectivity index (χ2n) is 4.82. The van der Waals surface area contributed by atoms with Crippen molar-refractivity contribution >= 4 is 17.5 Å². The van der Waals surface area contributed by atoms with E-state index in [1.165, 1.54) is 11.3 Å². The zero-order valence-electron chi connectivity index (χ0n) is 10.4. The first-order valence-electron chi connectivity index (χ1n) is 6.18. The number of anilines is 3. The topological polar surface area (TPSA) is 55.0 Å². The van der Waals surface area contributed by atoms with Crippen LogP contribution in [0.25, 0.3) is 0 Å². The smallest absolute Gasteiger partial charge is 0.221 e. The van der Waals surface area contributed by atoms with Crippen LogP contribution >= 0.6 is 0 Å². The largest absolute Gasteiger partial charge is 0.368 e. The first-order valence-corrected chi connectivity index (χ1v) is 6.18. The fourth-order valence-corrected chi connectivity index (χ4v) is 2.53. The molecular weight excluding hydrogens is 224 g/mol. The lowest BCUT2D eigenvalue weighted by molar-refractivity contribution is 0.560. The van der Waals surface area contributed by atoms with E-state index in [0.29, 0.717) is 11.9 Å². The summed E-state index contributed by atoms with van der Waals surface area (Å²) in [7, 11) is 0. The van der Waals surface area contributed by atoms with Crippen LogP contribution in [0.1, 0.15) is 12.5 Å². The van der Waals surface area contributed by atoms with Gasteiger partial charge in [-0.25, -0.2) is 4.98 Å². The maximum atomic E-state index is 5.67. The van der Waals surface area contributed by atoms with Gasteiger partial charge in [0, 0.05) is 18.4 Å². The normalized spacial score (nSPS) is 18.5. The van der Waals surface area contributed by atoms with Gasteiger partial charge in [-0.3, -0.25) is 0 Å². The molecule has 2 heterocycles. The van der Waals surface area contributed by atoms with Gasteiger partial charge in [0.2, 0.25) is 5.95 Å². The van der Waals surface area contributed by atoms with Gasteiger partial charge >= 0.3 is 0 Å². The molecule has 0 aliphatic carbocycles. The second kappa shape index (κ2) is 4.29. The van der Waals surface area contributed by atoms with Crippen molar-refractivity contribution in [2.45, 2.75) is 13.3 Å². The molecule has 1 unspecified atom stereocenters. The van der Waals surface area contributed by atoms with Gasteiger partial charge in [-0.1, -0.05) is 25.1 Å². The minimum Gasteiger partial charge on any atom is -0.368 e. The Labute approximate surface area is 106 Å². The van der Waals surface area contributed by atoms with E-state index in [1.807, 2.05) is 6.07 Å². The Hall–Kier alpha value is -2.10. The van der Waals surface area contributed by atoms with Crippen molar-refractivity contribution in [2.75, 3.05) is 17.2 Å². The minimum absolute atomic E-state index is 0.322. The van der Waals surface area contributed by atoms with Crippen LogP contribution in [0.2, 0.25) is 0 Å². The van der Waals surface area contributed by atoms with Crippen molar-refractivity contribution in [1.82, 2.24) is 9.97 Å². The fourth-order valence-electron chi connectivity index (χ4n) is 2.53. The number of nitrogens with zero attached hydrogens (tertiary/aromatic N) is 3. The maximum Gasteiger partial charge on any atom is 0.221 e. The van der Waals surface area contributed by atoms with Gasteiger partial charge < -0.3 is 10.6 Å². The van der Waals surface area contributed by atoms with Crippen LogP contribution in [0.15, 0.2) is 36.5 Å². The van der Waals surface area contributed by atoms with Crippen LogP contribution in [-0.4, -0.2) is 16.5 Å². The van der Waals surface area contributed by atoms with Gasteiger partial charge in [0.15, 0.2) is 0 Å². The van der Waals surface area contributed by atoms with Crippen molar-refractivity contribution < 1.29 is 0 Å². The number of hydrogen-bond acceptors (Lipinski definition) is 4. The molecule has 1 aromatic carbocycles. The summed E-state index contributed by atoms with van der Waals surface area (Å²) in [6.07, 6.45) is 2.83. The van der Waals surface area contributed by atoms with Crippen molar-refractivity contribution in [3.8, 4) is 0 Å². The third kappa shape index (κ3) is 1.90. The molecule has 3 rings (SSSR count). The average Bonchev–Trinajstić information content (AvgIpc) is 2.37. The Bertz CT molecular complexity index is 567. The second-order valence-corrected chi connectivity index (χ2v) is 4.82. The molecule has 0 spiro atoms.